The number of nitrogens with zero attached hydrogens (tertiary/aromatic N) is 1. The Morgan fingerprint density at radius 3 is 3.00 bits per heavy atom. The van der Waals surface area contributed by atoms with Crippen LogP contribution in [0.25, 0.3) is 10.1 Å². The summed E-state index contributed by atoms with van der Waals surface area (Å²) in [6.07, 6.45) is 0.470. The molecular weight excluding hydrogens is 325 g/mol. The average molecular weight is 331 g/mol. The lowest BCUT2D eigenvalue weighted by Crippen LogP contribution is -1.86. The fourth-order valence-corrected chi connectivity index (χ4v) is 3.44. The summed E-state index contributed by atoms with van der Waals surface area (Å²) >= 11 is 8.34. The predicted octanol–water partition coefficient (Wildman–Crippen LogP) is 3.86. The summed E-state index contributed by atoms with van der Waals surface area (Å²) in [4.78, 5) is 1.00. The Morgan fingerprint density at radius 1 is 1.50 bits per heavy atom. The van der Waals surface area contributed by atoms with E-state index in [1.807, 2.05) is 5.38 Å². The van der Waals surface area contributed by atoms with E-state index in [-0.39, 0.29) is 0 Å². The van der Waals surface area contributed by atoms with Crippen LogP contribution >= 0.6 is 46.6 Å². The molecule has 0 N–H and O–H groups in total. The molecule has 0 fully saturated rings. The van der Waals surface area contributed by atoms with Gasteiger partial charge in [-0.3, -0.25) is 0 Å². The largest absolute Gasteiger partial charge is 0.198 e. The van der Waals surface area contributed by atoms with Crippen molar-refractivity contribution in [2.24, 2.45) is 0 Å². The molecule has 0 unspecified atom stereocenters. The van der Waals surface area contributed by atoms with Crippen molar-refractivity contribution in [1.29, 1.82) is 5.26 Å². The van der Waals surface area contributed by atoms with Crippen molar-refractivity contribution in [3.63, 3.8) is 0 Å². The van der Waals surface area contributed by atoms with Crippen LogP contribution in [-0.4, -0.2) is 0 Å². The van der Waals surface area contributed by atoms with Gasteiger partial charge in [0, 0.05) is 23.9 Å². The Kier molecular flexibility index (Phi) is 3.00. The molecule has 2 aromatic rings. The quantitative estimate of drug-likeness (QED) is 0.623. The summed E-state index contributed by atoms with van der Waals surface area (Å²) in [5, 5.41) is 11.9. The van der Waals surface area contributed by atoms with E-state index in [0.29, 0.717) is 6.42 Å². The van der Waals surface area contributed by atoms with Gasteiger partial charge in [-0.1, -0.05) is 0 Å². The van der Waals surface area contributed by atoms with Crippen molar-refractivity contribution in [2.45, 2.75) is 11.3 Å². The second-order valence-corrected chi connectivity index (χ2v) is 5.45. The SMILES string of the molecule is N#CCc1cc2c(S)csc2cc1I. The Bertz CT molecular complexity index is 525. The second kappa shape index (κ2) is 4.09. The number of hydrogen-bond donors (Lipinski definition) is 1. The molecule has 0 atom stereocenters. The first-order valence-electron chi connectivity index (χ1n) is 3.98. The molecule has 0 saturated carbocycles. The minimum atomic E-state index is 0.470. The highest BCUT2D eigenvalue weighted by molar-refractivity contribution is 14.1. The third-order valence-electron chi connectivity index (χ3n) is 1.99. The van der Waals surface area contributed by atoms with Crippen molar-refractivity contribution in [3.05, 3.63) is 26.6 Å². The smallest absolute Gasteiger partial charge is 0.0670 e. The lowest BCUT2D eigenvalue weighted by Gasteiger charge is -2.00. The predicted molar refractivity (Wildman–Crippen MR) is 71.1 cm³/mol. The zero-order chi connectivity index (χ0) is 10.1. The zero-order valence-electron chi connectivity index (χ0n) is 7.12. The summed E-state index contributed by atoms with van der Waals surface area (Å²) < 4.78 is 2.40. The summed E-state index contributed by atoms with van der Waals surface area (Å²) in [6, 6.07) is 6.36. The van der Waals surface area contributed by atoms with Crippen molar-refractivity contribution in [2.75, 3.05) is 0 Å². The number of rotatable bonds is 1. The number of nitriles is 1. The van der Waals surface area contributed by atoms with Crippen molar-refractivity contribution < 1.29 is 0 Å². The molecule has 0 bridgehead atoms. The van der Waals surface area contributed by atoms with Gasteiger partial charge in [0.15, 0.2) is 0 Å². The highest BCUT2D eigenvalue weighted by Crippen LogP contribution is 2.31. The van der Waals surface area contributed by atoms with Crippen LogP contribution < -0.4 is 0 Å². The molecule has 1 heterocycles. The van der Waals surface area contributed by atoms with Crippen LogP contribution in [0.3, 0.4) is 0 Å². The highest BCUT2D eigenvalue weighted by Gasteiger charge is 2.06. The van der Waals surface area contributed by atoms with Gasteiger partial charge in [-0.15, -0.1) is 24.0 Å². The van der Waals surface area contributed by atoms with Crippen molar-refractivity contribution >= 4 is 56.6 Å². The number of benzene rings is 1. The van der Waals surface area contributed by atoms with Gasteiger partial charge in [0.25, 0.3) is 0 Å². The molecule has 1 aromatic carbocycles. The molecule has 70 valence electrons. The van der Waals surface area contributed by atoms with Gasteiger partial charge in [-0.05, 0) is 40.3 Å². The van der Waals surface area contributed by atoms with E-state index < -0.39 is 0 Å². The molecule has 1 aromatic heterocycles. The number of thiol groups is 1. The molecule has 0 aliphatic heterocycles. The van der Waals surface area contributed by atoms with Gasteiger partial charge in [0.05, 0.1) is 12.5 Å². The van der Waals surface area contributed by atoms with Crippen LogP contribution in [0.1, 0.15) is 5.56 Å². The molecule has 0 aliphatic carbocycles. The Hall–Kier alpha value is -0.250. The van der Waals surface area contributed by atoms with Crippen LogP contribution in [-0.2, 0) is 6.42 Å². The van der Waals surface area contributed by atoms with Gasteiger partial charge in [0.1, 0.15) is 0 Å². The Morgan fingerprint density at radius 2 is 2.29 bits per heavy atom. The van der Waals surface area contributed by atoms with E-state index in [2.05, 4.69) is 53.4 Å². The second-order valence-electron chi connectivity index (χ2n) is 2.90. The van der Waals surface area contributed by atoms with E-state index in [9.17, 15) is 0 Å². The summed E-state index contributed by atoms with van der Waals surface area (Å²) in [7, 11) is 0. The van der Waals surface area contributed by atoms with Crippen molar-refractivity contribution in [3.8, 4) is 6.07 Å². The fourth-order valence-electron chi connectivity index (χ4n) is 1.30. The van der Waals surface area contributed by atoms with Gasteiger partial charge in [-0.2, -0.15) is 5.26 Å². The van der Waals surface area contributed by atoms with Gasteiger partial charge in [0.2, 0.25) is 0 Å². The minimum Gasteiger partial charge on any atom is -0.198 e. The lowest BCUT2D eigenvalue weighted by molar-refractivity contribution is 1.25. The average Bonchev–Trinajstić information content (AvgIpc) is 2.49. The first-order chi connectivity index (χ1) is 6.72. The summed E-state index contributed by atoms with van der Waals surface area (Å²) in [6.45, 7) is 0. The Labute approximate surface area is 105 Å². The van der Waals surface area contributed by atoms with E-state index in [4.69, 9.17) is 5.26 Å². The normalized spacial score (nSPS) is 10.4. The van der Waals surface area contributed by atoms with Crippen LogP contribution in [0.2, 0.25) is 0 Å². The maximum atomic E-state index is 8.67. The molecule has 0 saturated heterocycles. The molecule has 0 aliphatic rings. The van der Waals surface area contributed by atoms with Crippen LogP contribution in [0.4, 0.5) is 0 Å². The number of fused-ring (bicyclic) bond motifs is 1. The maximum absolute atomic E-state index is 8.67. The highest BCUT2D eigenvalue weighted by atomic mass is 127. The molecule has 1 nitrogen and oxygen atoms in total. The van der Waals surface area contributed by atoms with Gasteiger partial charge in [-0.25, -0.2) is 0 Å². The third kappa shape index (κ3) is 1.76. The molecule has 0 radical (unpaired) electrons. The van der Waals surface area contributed by atoms with Gasteiger partial charge < -0.3 is 0 Å². The topological polar surface area (TPSA) is 23.8 Å². The van der Waals surface area contributed by atoms with Crippen LogP contribution in [0.15, 0.2) is 22.4 Å². The lowest BCUT2D eigenvalue weighted by atomic mass is 10.1. The first kappa shape index (κ1) is 10.3. The van der Waals surface area contributed by atoms with Crippen LogP contribution in [0, 0.1) is 14.9 Å². The first-order valence-corrected chi connectivity index (χ1v) is 6.38. The molecular formula is C10H6INS2. The standard InChI is InChI=1S/C10H6INS2/c11-8-4-10-7(9(13)5-14-10)3-6(8)1-2-12/h3-5,13H,1H2. The summed E-state index contributed by atoms with van der Waals surface area (Å²) in [5.41, 5.74) is 1.09. The van der Waals surface area contributed by atoms with Crippen molar-refractivity contribution in [1.82, 2.24) is 0 Å². The number of halogens is 1. The van der Waals surface area contributed by atoms with Gasteiger partial charge >= 0.3 is 0 Å². The Balaban J connectivity index is 2.69. The molecule has 14 heavy (non-hydrogen) atoms. The number of thiophene rings is 1. The summed E-state index contributed by atoms with van der Waals surface area (Å²) in [5.74, 6) is 0. The maximum Gasteiger partial charge on any atom is 0.0670 e. The molecule has 0 spiro atoms. The third-order valence-corrected chi connectivity index (χ3v) is 4.49. The monoisotopic (exact) mass is 331 g/mol. The molecule has 4 heteroatoms. The molecule has 0 amide bonds. The van der Waals surface area contributed by atoms with E-state index in [1.54, 1.807) is 11.3 Å². The fraction of sp³-hybridized carbons (Fsp3) is 0.100. The van der Waals surface area contributed by atoms with E-state index in [0.717, 1.165) is 19.4 Å². The minimum absolute atomic E-state index is 0.470. The van der Waals surface area contributed by atoms with Crippen LogP contribution in [0.5, 0.6) is 0 Å². The molecule has 2 rings (SSSR count). The van der Waals surface area contributed by atoms with E-state index in [1.165, 1.54) is 4.70 Å². The number of hydrogen-bond acceptors (Lipinski definition) is 3. The van der Waals surface area contributed by atoms with E-state index >= 15 is 0 Å². The zero-order valence-corrected chi connectivity index (χ0v) is 11.0.